The molecule has 0 aromatic heterocycles. The van der Waals surface area contributed by atoms with Crippen LogP contribution in [0.3, 0.4) is 0 Å². The van der Waals surface area contributed by atoms with Crippen LogP contribution in [0.2, 0.25) is 5.02 Å². The van der Waals surface area contributed by atoms with Gasteiger partial charge in [-0.15, -0.1) is 0 Å². The van der Waals surface area contributed by atoms with Crippen LogP contribution in [0.1, 0.15) is 5.56 Å². The van der Waals surface area contributed by atoms with Gasteiger partial charge in [0.25, 0.3) is 0 Å². The third-order valence-electron chi connectivity index (χ3n) is 1.32. The minimum atomic E-state index is -2.16. The quantitative estimate of drug-likeness (QED) is 0.633. The smallest absolute Gasteiger partial charge is 0.0435 e. The molecule has 0 amide bonds. The number of aryl methyl sites for hydroxylation is 1. The minimum absolute atomic E-state index is 0.270. The van der Waals surface area contributed by atoms with Gasteiger partial charge in [-0.25, -0.2) is 0 Å². The lowest BCUT2D eigenvalue weighted by atomic mass is 10.2. The van der Waals surface area contributed by atoms with Crippen LogP contribution in [0.5, 0.6) is 0 Å². The summed E-state index contributed by atoms with van der Waals surface area (Å²) in [5.41, 5.74) is 0.772. The Morgan fingerprint density at radius 1 is 1.55 bits per heavy atom. The lowest BCUT2D eigenvalue weighted by Gasteiger charge is -2.05. The van der Waals surface area contributed by atoms with E-state index in [1.54, 1.807) is 13.0 Å². The maximum absolute atomic E-state index is 10.4. The highest BCUT2D eigenvalue weighted by atomic mass is 35.5. The summed E-state index contributed by atoms with van der Waals surface area (Å²) in [6.07, 6.45) is 0. The number of hydrogen-bond donors (Lipinski definition) is 0. The molecular formula is C7H6ClO2S-. The van der Waals surface area contributed by atoms with Crippen LogP contribution < -0.4 is 0 Å². The maximum Gasteiger partial charge on any atom is 0.0435 e. The number of rotatable bonds is 1. The van der Waals surface area contributed by atoms with E-state index in [1.165, 1.54) is 12.1 Å². The lowest BCUT2D eigenvalue weighted by molar-refractivity contribution is 0.537. The van der Waals surface area contributed by atoms with E-state index in [0.717, 1.165) is 5.56 Å². The van der Waals surface area contributed by atoms with Gasteiger partial charge in [0.1, 0.15) is 0 Å². The predicted octanol–water partition coefficient (Wildman–Crippen LogP) is 1.89. The van der Waals surface area contributed by atoms with Crippen molar-refractivity contribution < 1.29 is 8.76 Å². The topological polar surface area (TPSA) is 40.1 Å². The molecule has 60 valence electrons. The Kier molecular flexibility index (Phi) is 2.65. The standard InChI is InChI=1S/C7H7ClO2S/c1-5-4-6(11(9)10)2-3-7(5)8/h2-4H,1H3,(H,9,10)/p-1. The molecule has 0 fully saturated rings. The van der Waals surface area contributed by atoms with Crippen LogP contribution in [-0.2, 0) is 11.1 Å². The van der Waals surface area contributed by atoms with Gasteiger partial charge in [0.2, 0.25) is 0 Å². The number of halogens is 1. The van der Waals surface area contributed by atoms with Gasteiger partial charge in [-0.1, -0.05) is 11.6 Å². The molecule has 1 rings (SSSR count). The molecule has 2 nitrogen and oxygen atoms in total. The maximum atomic E-state index is 10.4. The zero-order chi connectivity index (χ0) is 8.43. The van der Waals surface area contributed by atoms with Gasteiger partial charge in [0.05, 0.1) is 0 Å². The summed E-state index contributed by atoms with van der Waals surface area (Å²) in [5, 5.41) is 0.583. The summed E-state index contributed by atoms with van der Waals surface area (Å²) in [7, 11) is 0. The molecule has 0 saturated carbocycles. The molecule has 1 atom stereocenters. The van der Waals surface area contributed by atoms with Crippen LogP contribution in [0.4, 0.5) is 0 Å². The predicted molar refractivity (Wildman–Crippen MR) is 43.4 cm³/mol. The Balaban J connectivity index is 3.15. The van der Waals surface area contributed by atoms with E-state index in [9.17, 15) is 8.76 Å². The molecule has 0 spiro atoms. The van der Waals surface area contributed by atoms with Crippen LogP contribution >= 0.6 is 11.6 Å². The summed E-state index contributed by atoms with van der Waals surface area (Å²) in [6, 6.07) is 4.58. The zero-order valence-corrected chi connectivity index (χ0v) is 7.41. The average molecular weight is 190 g/mol. The first-order valence-corrected chi connectivity index (χ1v) is 4.42. The van der Waals surface area contributed by atoms with Crippen molar-refractivity contribution in [3.05, 3.63) is 28.8 Å². The fourth-order valence-electron chi connectivity index (χ4n) is 0.721. The summed E-state index contributed by atoms with van der Waals surface area (Å²) in [5.74, 6) is 0. The van der Waals surface area contributed by atoms with Gasteiger partial charge in [-0.05, 0) is 41.8 Å². The molecule has 0 aliphatic heterocycles. The van der Waals surface area contributed by atoms with E-state index >= 15 is 0 Å². The molecule has 0 saturated heterocycles. The van der Waals surface area contributed by atoms with Gasteiger partial charge in [-0.3, -0.25) is 4.21 Å². The molecule has 1 aromatic rings. The molecule has 4 heteroatoms. The van der Waals surface area contributed by atoms with E-state index in [0.29, 0.717) is 5.02 Å². The van der Waals surface area contributed by atoms with Crippen molar-refractivity contribution in [2.45, 2.75) is 11.8 Å². The fraction of sp³-hybridized carbons (Fsp3) is 0.143. The Morgan fingerprint density at radius 2 is 2.18 bits per heavy atom. The van der Waals surface area contributed by atoms with E-state index in [4.69, 9.17) is 11.6 Å². The summed E-state index contributed by atoms with van der Waals surface area (Å²) in [6.45, 7) is 1.76. The van der Waals surface area contributed by atoms with Gasteiger partial charge in [0.15, 0.2) is 0 Å². The summed E-state index contributed by atoms with van der Waals surface area (Å²) in [4.78, 5) is 0.270. The SMILES string of the molecule is Cc1cc(S(=O)[O-])ccc1Cl. The highest BCUT2D eigenvalue weighted by Gasteiger charge is 1.96. The number of benzene rings is 1. The average Bonchev–Trinajstić information content (AvgIpc) is 1.94. The summed E-state index contributed by atoms with van der Waals surface area (Å²) >= 11 is 3.53. The normalized spacial score (nSPS) is 13.0. The number of hydrogen-bond acceptors (Lipinski definition) is 2. The highest BCUT2D eigenvalue weighted by molar-refractivity contribution is 7.79. The molecule has 0 aliphatic carbocycles. The van der Waals surface area contributed by atoms with E-state index in [2.05, 4.69) is 0 Å². The first-order chi connectivity index (χ1) is 5.11. The van der Waals surface area contributed by atoms with Crippen molar-refractivity contribution in [3.63, 3.8) is 0 Å². The molecular weight excluding hydrogens is 184 g/mol. The van der Waals surface area contributed by atoms with Crippen LogP contribution in [0.25, 0.3) is 0 Å². The van der Waals surface area contributed by atoms with E-state index in [1.807, 2.05) is 0 Å². The summed E-state index contributed by atoms with van der Waals surface area (Å²) < 4.78 is 20.8. The molecule has 0 heterocycles. The minimum Gasteiger partial charge on any atom is -0.768 e. The second kappa shape index (κ2) is 3.34. The Labute approximate surface area is 72.5 Å². The first-order valence-electron chi connectivity index (χ1n) is 2.96. The van der Waals surface area contributed by atoms with E-state index < -0.39 is 11.1 Å². The largest absolute Gasteiger partial charge is 0.768 e. The highest BCUT2D eigenvalue weighted by Crippen LogP contribution is 2.17. The molecule has 1 aromatic carbocycles. The van der Waals surface area contributed by atoms with Gasteiger partial charge < -0.3 is 4.55 Å². The molecule has 11 heavy (non-hydrogen) atoms. The molecule has 0 bridgehead atoms. The van der Waals surface area contributed by atoms with Crippen molar-refractivity contribution >= 4 is 22.7 Å². The second-order valence-electron chi connectivity index (χ2n) is 2.15. The molecule has 1 unspecified atom stereocenters. The first kappa shape index (κ1) is 8.71. The van der Waals surface area contributed by atoms with Crippen LogP contribution in [-0.4, -0.2) is 8.76 Å². The molecule has 0 aliphatic rings. The van der Waals surface area contributed by atoms with Gasteiger partial charge in [-0.2, -0.15) is 0 Å². The molecule has 0 radical (unpaired) electrons. The third kappa shape index (κ3) is 2.02. The lowest BCUT2D eigenvalue weighted by Crippen LogP contribution is -1.88. The zero-order valence-electron chi connectivity index (χ0n) is 5.83. The second-order valence-corrected chi connectivity index (χ2v) is 3.49. The fourth-order valence-corrected chi connectivity index (χ4v) is 1.29. The Hall–Kier alpha value is -0.380. The van der Waals surface area contributed by atoms with Crippen molar-refractivity contribution in [1.29, 1.82) is 0 Å². The van der Waals surface area contributed by atoms with Gasteiger partial charge in [0, 0.05) is 9.92 Å². The van der Waals surface area contributed by atoms with Gasteiger partial charge >= 0.3 is 0 Å². The van der Waals surface area contributed by atoms with Crippen molar-refractivity contribution in [2.24, 2.45) is 0 Å². The van der Waals surface area contributed by atoms with Crippen LogP contribution in [0.15, 0.2) is 23.1 Å². The monoisotopic (exact) mass is 189 g/mol. The Bertz CT molecular complexity index is 298. The van der Waals surface area contributed by atoms with Crippen molar-refractivity contribution in [3.8, 4) is 0 Å². The van der Waals surface area contributed by atoms with E-state index in [-0.39, 0.29) is 4.90 Å². The van der Waals surface area contributed by atoms with Crippen molar-refractivity contribution in [2.75, 3.05) is 0 Å². The van der Waals surface area contributed by atoms with Crippen molar-refractivity contribution in [1.82, 2.24) is 0 Å². The van der Waals surface area contributed by atoms with Crippen LogP contribution in [0, 0.1) is 6.92 Å². The molecule has 0 N–H and O–H groups in total. The Morgan fingerprint density at radius 3 is 2.64 bits per heavy atom. The third-order valence-corrected chi connectivity index (χ3v) is 2.38.